The molecule has 10 heavy (non-hydrogen) atoms. The molecule has 0 nitrogen and oxygen atoms in total. The van der Waals surface area contributed by atoms with Gasteiger partial charge in [-0.1, -0.05) is 17.7 Å². The molecule has 0 heterocycles. The molecule has 0 bridgehead atoms. The summed E-state index contributed by atoms with van der Waals surface area (Å²) in [6.07, 6.45) is 0. The predicted octanol–water partition coefficient (Wildman–Crippen LogP) is 2.92. The highest BCUT2D eigenvalue weighted by atomic mass is 14.0. The fourth-order valence-corrected chi connectivity index (χ4v) is 1.04. The van der Waals surface area contributed by atoms with Gasteiger partial charge in [0.2, 0.25) is 0 Å². The summed E-state index contributed by atoms with van der Waals surface area (Å²) < 4.78 is 22.0. The van der Waals surface area contributed by atoms with E-state index in [0.717, 1.165) is 16.7 Å². The maximum Gasteiger partial charge on any atom is 0.0280 e. The summed E-state index contributed by atoms with van der Waals surface area (Å²) in [7, 11) is 0. The molecule has 0 unspecified atom stereocenters. The summed E-state index contributed by atoms with van der Waals surface area (Å²) >= 11 is 0. The summed E-state index contributed by atoms with van der Waals surface area (Å²) in [4.78, 5) is 0. The van der Waals surface area contributed by atoms with Gasteiger partial charge in [-0.2, -0.15) is 0 Å². The van der Waals surface area contributed by atoms with Crippen LogP contribution in [0.4, 0.5) is 0 Å². The van der Waals surface area contributed by atoms with Gasteiger partial charge in [0, 0.05) is 4.11 Å². The number of hydrogen-bond acceptors (Lipinski definition) is 0. The van der Waals surface area contributed by atoms with Crippen molar-refractivity contribution in [2.45, 2.75) is 27.6 Å². The van der Waals surface area contributed by atoms with Crippen LogP contribution in [0.3, 0.4) is 0 Å². The standard InChI is InChI=1S/C10H14/c1-7-5-8(2)10(4)9(3)6-7/h5-6H,1-4H3/i2D3. The van der Waals surface area contributed by atoms with Crippen LogP contribution in [0.15, 0.2) is 12.1 Å². The molecule has 0 saturated heterocycles. The lowest BCUT2D eigenvalue weighted by molar-refractivity contribution is 1.23. The second kappa shape index (κ2) is 2.45. The molecule has 1 rings (SSSR count). The number of benzene rings is 1. The quantitative estimate of drug-likeness (QED) is 0.515. The van der Waals surface area contributed by atoms with E-state index in [0.29, 0.717) is 5.56 Å². The third-order valence-corrected chi connectivity index (χ3v) is 1.81. The monoisotopic (exact) mass is 137 g/mol. The summed E-state index contributed by atoms with van der Waals surface area (Å²) in [6, 6.07) is 3.75. The topological polar surface area (TPSA) is 0 Å². The lowest BCUT2D eigenvalue weighted by atomic mass is 10.0. The molecule has 0 amide bonds. The minimum Gasteiger partial charge on any atom is -0.0561 e. The molecular weight excluding hydrogens is 120 g/mol. The maximum atomic E-state index is 7.34. The highest BCUT2D eigenvalue weighted by molar-refractivity contribution is 5.35. The fraction of sp³-hybridized carbons (Fsp3) is 0.400. The molecule has 0 aliphatic heterocycles. The molecule has 0 saturated carbocycles. The molecule has 54 valence electrons. The first-order valence-electron chi connectivity index (χ1n) is 4.90. The Balaban J connectivity index is 3.37. The van der Waals surface area contributed by atoms with Crippen molar-refractivity contribution in [2.75, 3.05) is 0 Å². The Hall–Kier alpha value is -0.780. The average molecular weight is 137 g/mol. The van der Waals surface area contributed by atoms with Crippen molar-refractivity contribution in [2.24, 2.45) is 0 Å². The van der Waals surface area contributed by atoms with Gasteiger partial charge in [0.05, 0.1) is 0 Å². The lowest BCUT2D eigenvalue weighted by Crippen LogP contribution is -1.86. The molecule has 0 spiro atoms. The molecule has 1 aromatic rings. The van der Waals surface area contributed by atoms with Crippen molar-refractivity contribution in [3.8, 4) is 0 Å². The van der Waals surface area contributed by atoms with E-state index >= 15 is 0 Å². The van der Waals surface area contributed by atoms with Crippen molar-refractivity contribution in [3.05, 3.63) is 34.4 Å². The number of aryl methyl sites for hydroxylation is 3. The van der Waals surface area contributed by atoms with Crippen LogP contribution in [0, 0.1) is 27.6 Å². The minimum absolute atomic E-state index is 0.477. The number of hydrogen-bond donors (Lipinski definition) is 0. The van der Waals surface area contributed by atoms with Crippen LogP contribution in [0.25, 0.3) is 0 Å². The zero-order chi connectivity index (χ0) is 10.2. The van der Waals surface area contributed by atoms with Crippen molar-refractivity contribution < 1.29 is 4.11 Å². The predicted molar refractivity (Wildman–Crippen MR) is 45.4 cm³/mol. The van der Waals surface area contributed by atoms with Crippen LogP contribution >= 0.6 is 0 Å². The molecule has 0 N–H and O–H groups in total. The Bertz CT molecular complexity index is 324. The van der Waals surface area contributed by atoms with Gasteiger partial charge >= 0.3 is 0 Å². The largest absolute Gasteiger partial charge is 0.0561 e. The second-order valence-corrected chi connectivity index (χ2v) is 2.75. The van der Waals surface area contributed by atoms with Gasteiger partial charge in [-0.3, -0.25) is 0 Å². The van der Waals surface area contributed by atoms with E-state index in [2.05, 4.69) is 0 Å². The van der Waals surface area contributed by atoms with Crippen LogP contribution in [0.5, 0.6) is 0 Å². The van der Waals surface area contributed by atoms with E-state index < -0.39 is 6.85 Å². The first-order valence-corrected chi connectivity index (χ1v) is 3.40. The molecule has 0 heteroatoms. The van der Waals surface area contributed by atoms with Gasteiger partial charge in [0.15, 0.2) is 0 Å². The van der Waals surface area contributed by atoms with E-state index in [1.165, 1.54) is 0 Å². The van der Waals surface area contributed by atoms with Crippen LogP contribution in [-0.4, -0.2) is 0 Å². The van der Waals surface area contributed by atoms with Crippen LogP contribution in [0.1, 0.15) is 26.4 Å². The first-order chi connectivity index (χ1) is 5.82. The van der Waals surface area contributed by atoms with E-state index in [-0.39, 0.29) is 0 Å². The van der Waals surface area contributed by atoms with Crippen molar-refractivity contribution in [1.82, 2.24) is 0 Å². The van der Waals surface area contributed by atoms with E-state index in [1.54, 1.807) is 6.07 Å². The van der Waals surface area contributed by atoms with Crippen LogP contribution < -0.4 is 0 Å². The maximum absolute atomic E-state index is 7.34. The van der Waals surface area contributed by atoms with Gasteiger partial charge in [-0.25, -0.2) is 0 Å². The lowest BCUT2D eigenvalue weighted by Gasteiger charge is -2.04. The zero-order valence-electron chi connectivity index (χ0n) is 9.65. The van der Waals surface area contributed by atoms with Crippen molar-refractivity contribution in [3.63, 3.8) is 0 Å². The zero-order valence-corrected chi connectivity index (χ0v) is 6.65. The smallest absolute Gasteiger partial charge is 0.0280 e. The van der Waals surface area contributed by atoms with Crippen LogP contribution in [-0.2, 0) is 0 Å². The molecule has 0 aliphatic rings. The summed E-state index contributed by atoms with van der Waals surface area (Å²) in [5.74, 6) is 0. The molecule has 0 fully saturated rings. The van der Waals surface area contributed by atoms with Crippen molar-refractivity contribution >= 4 is 0 Å². The molecule has 1 aromatic carbocycles. The molecule has 0 aromatic heterocycles. The highest BCUT2D eigenvalue weighted by Gasteiger charge is 1.95. The Morgan fingerprint density at radius 3 is 2.30 bits per heavy atom. The van der Waals surface area contributed by atoms with E-state index in [4.69, 9.17) is 4.11 Å². The Labute approximate surface area is 67.1 Å². The Morgan fingerprint density at radius 2 is 1.70 bits per heavy atom. The van der Waals surface area contributed by atoms with Gasteiger partial charge in [-0.15, -0.1) is 0 Å². The second-order valence-electron chi connectivity index (χ2n) is 2.75. The molecular formula is C10H14. The Morgan fingerprint density at radius 1 is 1.10 bits per heavy atom. The molecule has 0 atom stereocenters. The van der Waals surface area contributed by atoms with Gasteiger partial charge in [0.25, 0.3) is 0 Å². The highest BCUT2D eigenvalue weighted by Crippen LogP contribution is 2.13. The SMILES string of the molecule is [2H]C([2H])([2H])c1cc(C)cc(C)c1C. The normalized spacial score (nSPS) is 15.7. The van der Waals surface area contributed by atoms with Gasteiger partial charge in [0.1, 0.15) is 0 Å². The van der Waals surface area contributed by atoms with E-state index in [1.807, 2.05) is 26.8 Å². The van der Waals surface area contributed by atoms with E-state index in [9.17, 15) is 0 Å². The fourth-order valence-electron chi connectivity index (χ4n) is 1.04. The molecule has 0 aliphatic carbocycles. The third-order valence-electron chi connectivity index (χ3n) is 1.81. The van der Waals surface area contributed by atoms with Gasteiger partial charge < -0.3 is 0 Å². The third kappa shape index (κ3) is 1.21. The average Bonchev–Trinajstić information content (AvgIpc) is 1.94. The van der Waals surface area contributed by atoms with Crippen LogP contribution in [0.2, 0.25) is 0 Å². The summed E-state index contributed by atoms with van der Waals surface area (Å²) in [5.41, 5.74) is 3.41. The Kier molecular flexibility index (Phi) is 1.02. The summed E-state index contributed by atoms with van der Waals surface area (Å²) in [6.45, 7) is 3.73. The number of rotatable bonds is 0. The molecule has 0 radical (unpaired) electrons. The summed E-state index contributed by atoms with van der Waals surface area (Å²) in [5, 5.41) is 0. The van der Waals surface area contributed by atoms with Crippen molar-refractivity contribution in [1.29, 1.82) is 0 Å². The first kappa shape index (κ1) is 4.17. The van der Waals surface area contributed by atoms with Gasteiger partial charge in [-0.05, 0) is 44.3 Å². The minimum atomic E-state index is -1.99.